The van der Waals surface area contributed by atoms with E-state index < -0.39 is 17.9 Å². The summed E-state index contributed by atoms with van der Waals surface area (Å²) in [7, 11) is 0. The molecule has 0 saturated heterocycles. The smallest absolute Gasteiger partial charge is 0.327 e. The number of hydrogen-bond donors (Lipinski definition) is 3. The van der Waals surface area contributed by atoms with Crippen LogP contribution in [0.1, 0.15) is 6.92 Å². The minimum absolute atomic E-state index is 0.0792. The first-order valence-corrected chi connectivity index (χ1v) is 7.55. The van der Waals surface area contributed by atoms with Crippen LogP contribution in [-0.4, -0.2) is 40.4 Å². The summed E-state index contributed by atoms with van der Waals surface area (Å²) in [6.45, 7) is 1.24. The summed E-state index contributed by atoms with van der Waals surface area (Å²) < 4.78 is 0. The van der Waals surface area contributed by atoms with E-state index in [9.17, 15) is 14.4 Å². The van der Waals surface area contributed by atoms with Gasteiger partial charge in [-0.15, -0.1) is 11.8 Å². The number of amides is 2. The molecule has 0 heterocycles. The topological polar surface area (TPSA) is 95.5 Å². The van der Waals surface area contributed by atoms with Gasteiger partial charge < -0.3 is 15.7 Å². The Morgan fingerprint density at radius 2 is 2.10 bits per heavy atom. The fourth-order valence-corrected chi connectivity index (χ4v) is 2.48. The highest BCUT2D eigenvalue weighted by atomic mass is 35.5. The summed E-state index contributed by atoms with van der Waals surface area (Å²) in [6, 6.07) is 5.71. The molecule has 0 aliphatic heterocycles. The fourth-order valence-electron chi connectivity index (χ4n) is 1.45. The van der Waals surface area contributed by atoms with Crippen molar-refractivity contribution in [3.8, 4) is 0 Å². The van der Waals surface area contributed by atoms with Gasteiger partial charge in [-0.2, -0.15) is 0 Å². The van der Waals surface area contributed by atoms with Crippen molar-refractivity contribution in [3.05, 3.63) is 29.3 Å². The van der Waals surface area contributed by atoms with Crippen LogP contribution in [0.2, 0.25) is 5.02 Å². The zero-order valence-corrected chi connectivity index (χ0v) is 12.8. The number of carboxylic acid groups (broad SMARTS) is 1. The number of nitrogens with one attached hydrogen (secondary N) is 2. The highest BCUT2D eigenvalue weighted by Gasteiger charge is 2.18. The van der Waals surface area contributed by atoms with Crippen molar-refractivity contribution < 1.29 is 19.5 Å². The maximum atomic E-state index is 11.7. The third-order valence-electron chi connectivity index (χ3n) is 2.30. The first-order valence-electron chi connectivity index (χ1n) is 6.01. The van der Waals surface area contributed by atoms with Gasteiger partial charge in [0, 0.05) is 23.4 Å². The van der Waals surface area contributed by atoms with Crippen LogP contribution in [0.5, 0.6) is 0 Å². The van der Waals surface area contributed by atoms with Gasteiger partial charge in [0.25, 0.3) is 0 Å². The molecule has 6 nitrogen and oxygen atoms in total. The lowest BCUT2D eigenvalue weighted by Gasteiger charge is -2.12. The zero-order chi connectivity index (χ0) is 15.8. The van der Waals surface area contributed by atoms with Crippen LogP contribution in [-0.2, 0) is 14.4 Å². The van der Waals surface area contributed by atoms with Crippen LogP contribution >= 0.6 is 23.4 Å². The quantitative estimate of drug-likeness (QED) is 0.705. The molecule has 21 heavy (non-hydrogen) atoms. The van der Waals surface area contributed by atoms with Crippen molar-refractivity contribution in [1.82, 2.24) is 5.32 Å². The highest BCUT2D eigenvalue weighted by Crippen LogP contribution is 2.15. The van der Waals surface area contributed by atoms with Crippen LogP contribution < -0.4 is 10.6 Å². The Morgan fingerprint density at radius 3 is 2.67 bits per heavy atom. The van der Waals surface area contributed by atoms with E-state index in [1.807, 2.05) is 0 Å². The van der Waals surface area contributed by atoms with E-state index >= 15 is 0 Å². The molecular formula is C13H15ClN2O4S. The molecule has 1 atom stereocenters. The molecule has 0 unspecified atom stereocenters. The molecule has 3 N–H and O–H groups in total. The summed E-state index contributed by atoms with van der Waals surface area (Å²) in [5.41, 5.74) is 0.574. The third kappa shape index (κ3) is 7.01. The number of hydrogen-bond acceptors (Lipinski definition) is 4. The summed E-state index contributed by atoms with van der Waals surface area (Å²) in [4.78, 5) is 33.4. The Kier molecular flexibility index (Phi) is 7.04. The maximum absolute atomic E-state index is 11.7. The fraction of sp³-hybridized carbons (Fsp3) is 0.308. The van der Waals surface area contributed by atoms with E-state index in [-0.39, 0.29) is 17.4 Å². The van der Waals surface area contributed by atoms with Crippen molar-refractivity contribution in [1.29, 1.82) is 0 Å². The predicted molar refractivity (Wildman–Crippen MR) is 82.6 cm³/mol. The van der Waals surface area contributed by atoms with Crippen LogP contribution in [0.25, 0.3) is 0 Å². The molecular weight excluding hydrogens is 316 g/mol. The molecule has 0 aliphatic rings. The minimum Gasteiger partial charge on any atom is -0.480 e. The van der Waals surface area contributed by atoms with Gasteiger partial charge in [-0.25, -0.2) is 4.79 Å². The second-order valence-corrected chi connectivity index (χ2v) is 5.63. The minimum atomic E-state index is -1.13. The van der Waals surface area contributed by atoms with E-state index in [1.165, 1.54) is 6.92 Å². The summed E-state index contributed by atoms with van der Waals surface area (Å²) in [5.74, 6) is -1.64. The molecule has 0 aliphatic carbocycles. The first-order chi connectivity index (χ1) is 9.88. The highest BCUT2D eigenvalue weighted by molar-refractivity contribution is 8.00. The Balaban J connectivity index is 2.38. The molecule has 1 rings (SSSR count). The van der Waals surface area contributed by atoms with Crippen LogP contribution in [0.3, 0.4) is 0 Å². The molecule has 8 heteroatoms. The molecule has 2 amide bonds. The summed E-state index contributed by atoms with van der Waals surface area (Å²) in [5, 5.41) is 14.4. The second kappa shape index (κ2) is 8.53. The number of aliphatic carboxylic acids is 1. The van der Waals surface area contributed by atoms with E-state index in [0.717, 1.165) is 11.8 Å². The third-order valence-corrected chi connectivity index (χ3v) is 3.57. The lowest BCUT2D eigenvalue weighted by Crippen LogP contribution is -2.41. The zero-order valence-electron chi connectivity index (χ0n) is 11.3. The Bertz CT molecular complexity index is 539. The van der Waals surface area contributed by atoms with Gasteiger partial charge >= 0.3 is 5.97 Å². The SMILES string of the molecule is CC(=O)N[C@@H](CSCC(=O)Nc1cccc(Cl)c1)C(=O)O. The van der Waals surface area contributed by atoms with Crippen molar-refractivity contribution in [3.63, 3.8) is 0 Å². The molecule has 0 fully saturated rings. The van der Waals surface area contributed by atoms with E-state index in [1.54, 1.807) is 24.3 Å². The van der Waals surface area contributed by atoms with E-state index in [2.05, 4.69) is 10.6 Å². The number of carbonyl (C=O) groups is 3. The summed E-state index contributed by atoms with van der Waals surface area (Å²) >= 11 is 6.92. The van der Waals surface area contributed by atoms with Gasteiger partial charge in [0.2, 0.25) is 11.8 Å². The second-order valence-electron chi connectivity index (χ2n) is 4.16. The first kappa shape index (κ1) is 17.3. The molecule has 1 aromatic carbocycles. The number of anilines is 1. The van der Waals surface area contributed by atoms with Crippen molar-refractivity contribution in [2.75, 3.05) is 16.8 Å². The largest absolute Gasteiger partial charge is 0.480 e. The molecule has 0 bridgehead atoms. The van der Waals surface area contributed by atoms with Crippen molar-refractivity contribution >= 4 is 46.8 Å². The Labute approximate surface area is 131 Å². The van der Waals surface area contributed by atoms with Gasteiger partial charge in [0.05, 0.1) is 5.75 Å². The van der Waals surface area contributed by atoms with Gasteiger partial charge in [-0.3, -0.25) is 9.59 Å². The van der Waals surface area contributed by atoms with Gasteiger partial charge in [0.15, 0.2) is 0 Å². The molecule has 114 valence electrons. The van der Waals surface area contributed by atoms with E-state index in [0.29, 0.717) is 10.7 Å². The normalized spacial score (nSPS) is 11.5. The van der Waals surface area contributed by atoms with Crippen LogP contribution in [0.4, 0.5) is 5.69 Å². The standard InChI is InChI=1S/C13H15ClN2O4S/c1-8(17)15-11(13(19)20)6-21-7-12(18)16-10-4-2-3-9(14)5-10/h2-5,11H,6-7H2,1H3,(H,15,17)(H,16,18)(H,19,20)/t11-/m0/s1. The number of carboxylic acids is 1. The number of rotatable bonds is 7. The van der Waals surface area contributed by atoms with Crippen LogP contribution in [0.15, 0.2) is 24.3 Å². The lowest BCUT2D eigenvalue weighted by molar-refractivity contribution is -0.140. The van der Waals surface area contributed by atoms with E-state index in [4.69, 9.17) is 16.7 Å². The van der Waals surface area contributed by atoms with Crippen molar-refractivity contribution in [2.45, 2.75) is 13.0 Å². The molecule has 0 aromatic heterocycles. The van der Waals surface area contributed by atoms with Crippen molar-refractivity contribution in [2.24, 2.45) is 0 Å². The number of thioether (sulfide) groups is 1. The Hall–Kier alpha value is -1.73. The lowest BCUT2D eigenvalue weighted by atomic mass is 10.3. The Morgan fingerprint density at radius 1 is 1.38 bits per heavy atom. The van der Waals surface area contributed by atoms with Gasteiger partial charge in [-0.05, 0) is 18.2 Å². The molecule has 0 saturated carbocycles. The summed E-state index contributed by atoms with van der Waals surface area (Å²) in [6.07, 6.45) is 0. The molecule has 0 spiro atoms. The maximum Gasteiger partial charge on any atom is 0.327 e. The number of benzene rings is 1. The van der Waals surface area contributed by atoms with Crippen LogP contribution in [0, 0.1) is 0 Å². The average molecular weight is 331 g/mol. The predicted octanol–water partition coefficient (Wildman–Crippen LogP) is 1.60. The monoisotopic (exact) mass is 330 g/mol. The van der Waals surface area contributed by atoms with Gasteiger partial charge in [0.1, 0.15) is 6.04 Å². The number of halogens is 1. The number of carbonyl (C=O) groups excluding carboxylic acids is 2. The molecule has 0 radical (unpaired) electrons. The van der Waals surface area contributed by atoms with Gasteiger partial charge in [-0.1, -0.05) is 17.7 Å². The average Bonchev–Trinajstić information content (AvgIpc) is 2.36. The molecule has 1 aromatic rings.